The average molecular weight is 294 g/mol. The Hall–Kier alpha value is -0.970. The number of ether oxygens (including phenoxy) is 1. The van der Waals surface area contributed by atoms with Crippen molar-refractivity contribution in [3.63, 3.8) is 0 Å². The van der Waals surface area contributed by atoms with Crippen molar-refractivity contribution in [1.82, 2.24) is 5.32 Å². The second-order valence-electron chi connectivity index (χ2n) is 3.51. The van der Waals surface area contributed by atoms with Gasteiger partial charge < -0.3 is 15.2 Å². The number of carbonyl (C=O) groups is 1. The first-order valence-corrected chi connectivity index (χ1v) is 5.85. The Morgan fingerprint density at radius 2 is 2.22 bits per heavy atom. The first-order valence-electron chi connectivity index (χ1n) is 5.47. The topological polar surface area (TPSA) is 58.6 Å². The van der Waals surface area contributed by atoms with Crippen molar-refractivity contribution in [1.29, 1.82) is 0 Å². The summed E-state index contributed by atoms with van der Waals surface area (Å²) in [6, 6.07) is 5.41. The minimum atomic E-state index is -0.811. The van der Waals surface area contributed by atoms with Crippen LogP contribution in [-0.2, 0) is 11.3 Å². The first-order chi connectivity index (χ1) is 8.13. The lowest BCUT2D eigenvalue weighted by atomic mass is 10.2. The highest BCUT2D eigenvalue weighted by molar-refractivity contribution is 6.30. The van der Waals surface area contributed by atoms with Gasteiger partial charge in [-0.25, -0.2) is 0 Å². The number of aliphatic carboxylic acids is 1. The normalized spacial score (nSPS) is 9.67. The molecule has 0 aliphatic rings. The van der Waals surface area contributed by atoms with Gasteiger partial charge in [0.1, 0.15) is 5.75 Å². The van der Waals surface area contributed by atoms with Gasteiger partial charge in [0.25, 0.3) is 0 Å². The SMILES string of the molecule is CCOc1ccc(Cl)cc1CNCCC(=O)O.Cl. The van der Waals surface area contributed by atoms with Crippen LogP contribution in [0.4, 0.5) is 0 Å². The molecule has 1 rings (SSSR count). The van der Waals surface area contributed by atoms with Crippen molar-refractivity contribution in [2.45, 2.75) is 19.9 Å². The molecule has 0 aliphatic carbocycles. The van der Waals surface area contributed by atoms with Crippen LogP contribution in [0.1, 0.15) is 18.9 Å². The maximum absolute atomic E-state index is 10.3. The van der Waals surface area contributed by atoms with Crippen molar-refractivity contribution >= 4 is 30.0 Å². The maximum atomic E-state index is 10.3. The van der Waals surface area contributed by atoms with Crippen LogP contribution in [-0.4, -0.2) is 24.2 Å². The number of benzene rings is 1. The Bertz CT molecular complexity index is 386. The minimum absolute atomic E-state index is 0. The summed E-state index contributed by atoms with van der Waals surface area (Å²) < 4.78 is 5.46. The van der Waals surface area contributed by atoms with E-state index in [0.29, 0.717) is 24.7 Å². The van der Waals surface area contributed by atoms with Gasteiger partial charge >= 0.3 is 5.97 Å². The van der Waals surface area contributed by atoms with Crippen LogP contribution in [0.3, 0.4) is 0 Å². The van der Waals surface area contributed by atoms with Gasteiger partial charge in [-0.15, -0.1) is 12.4 Å². The van der Waals surface area contributed by atoms with Crippen LogP contribution in [0.2, 0.25) is 5.02 Å². The number of rotatable bonds is 7. The molecular formula is C12H17Cl2NO3. The highest BCUT2D eigenvalue weighted by Gasteiger charge is 2.04. The van der Waals surface area contributed by atoms with E-state index in [-0.39, 0.29) is 18.8 Å². The Labute approximate surface area is 118 Å². The van der Waals surface area contributed by atoms with E-state index in [1.165, 1.54) is 0 Å². The Morgan fingerprint density at radius 1 is 1.50 bits per heavy atom. The van der Waals surface area contributed by atoms with Gasteiger partial charge in [0, 0.05) is 23.7 Å². The fourth-order valence-corrected chi connectivity index (χ4v) is 1.60. The number of carboxylic acid groups (broad SMARTS) is 1. The van der Waals surface area contributed by atoms with E-state index in [4.69, 9.17) is 21.4 Å². The van der Waals surface area contributed by atoms with E-state index < -0.39 is 5.97 Å². The third-order valence-electron chi connectivity index (χ3n) is 2.15. The summed E-state index contributed by atoms with van der Waals surface area (Å²) in [6.07, 6.45) is 0.102. The fourth-order valence-electron chi connectivity index (χ4n) is 1.40. The van der Waals surface area contributed by atoms with Crippen LogP contribution in [0.25, 0.3) is 0 Å². The molecule has 0 radical (unpaired) electrons. The zero-order chi connectivity index (χ0) is 12.7. The van der Waals surface area contributed by atoms with Crippen molar-refractivity contribution in [2.24, 2.45) is 0 Å². The lowest BCUT2D eigenvalue weighted by molar-refractivity contribution is -0.136. The molecule has 1 aromatic carbocycles. The van der Waals surface area contributed by atoms with E-state index in [0.717, 1.165) is 11.3 Å². The van der Waals surface area contributed by atoms with Gasteiger partial charge in [0.05, 0.1) is 13.0 Å². The third-order valence-corrected chi connectivity index (χ3v) is 2.39. The number of hydrogen-bond acceptors (Lipinski definition) is 3. The predicted octanol–water partition coefficient (Wildman–Crippen LogP) is 2.72. The van der Waals surface area contributed by atoms with Crippen LogP contribution in [0.15, 0.2) is 18.2 Å². The second kappa shape index (κ2) is 9.03. The van der Waals surface area contributed by atoms with Gasteiger partial charge in [-0.2, -0.15) is 0 Å². The lowest BCUT2D eigenvalue weighted by Gasteiger charge is -2.11. The van der Waals surface area contributed by atoms with Crippen LogP contribution in [0.5, 0.6) is 5.75 Å². The third kappa shape index (κ3) is 6.10. The molecule has 0 amide bonds. The monoisotopic (exact) mass is 293 g/mol. The van der Waals surface area contributed by atoms with E-state index in [2.05, 4.69) is 5.32 Å². The Morgan fingerprint density at radius 3 is 2.83 bits per heavy atom. The molecule has 0 atom stereocenters. The lowest BCUT2D eigenvalue weighted by Crippen LogP contribution is -2.18. The molecule has 2 N–H and O–H groups in total. The quantitative estimate of drug-likeness (QED) is 0.759. The summed E-state index contributed by atoms with van der Waals surface area (Å²) in [4.78, 5) is 10.3. The molecule has 1 aromatic rings. The standard InChI is InChI=1S/C12H16ClNO3.ClH/c1-2-17-11-4-3-10(13)7-9(11)8-14-6-5-12(15)16;/h3-4,7,14H,2,5-6,8H2,1H3,(H,15,16);1H. The van der Waals surface area contributed by atoms with Gasteiger partial charge in [-0.05, 0) is 25.1 Å². The predicted molar refractivity (Wildman–Crippen MR) is 73.8 cm³/mol. The smallest absolute Gasteiger partial charge is 0.304 e. The van der Waals surface area contributed by atoms with Gasteiger partial charge in [0.15, 0.2) is 0 Å². The van der Waals surface area contributed by atoms with Crippen molar-refractivity contribution in [3.8, 4) is 5.75 Å². The summed E-state index contributed by atoms with van der Waals surface area (Å²) in [5.41, 5.74) is 0.935. The number of carboxylic acids is 1. The zero-order valence-corrected chi connectivity index (χ0v) is 11.7. The van der Waals surface area contributed by atoms with Crippen molar-refractivity contribution in [3.05, 3.63) is 28.8 Å². The maximum Gasteiger partial charge on any atom is 0.304 e. The fraction of sp³-hybridized carbons (Fsp3) is 0.417. The van der Waals surface area contributed by atoms with E-state index in [1.54, 1.807) is 6.07 Å². The molecular weight excluding hydrogens is 277 g/mol. The number of hydrogen-bond donors (Lipinski definition) is 2. The molecule has 0 aromatic heterocycles. The number of halogens is 2. The summed E-state index contributed by atoms with van der Waals surface area (Å²) in [5, 5.41) is 12.2. The molecule has 102 valence electrons. The molecule has 0 heterocycles. The van der Waals surface area contributed by atoms with Crippen LogP contribution < -0.4 is 10.1 Å². The van der Waals surface area contributed by atoms with E-state index in [9.17, 15) is 4.79 Å². The minimum Gasteiger partial charge on any atom is -0.494 e. The largest absolute Gasteiger partial charge is 0.494 e. The molecule has 6 heteroatoms. The summed E-state index contributed by atoms with van der Waals surface area (Å²) in [7, 11) is 0. The van der Waals surface area contributed by atoms with Crippen LogP contribution >= 0.6 is 24.0 Å². The van der Waals surface area contributed by atoms with Crippen molar-refractivity contribution < 1.29 is 14.6 Å². The molecule has 4 nitrogen and oxygen atoms in total. The summed E-state index contributed by atoms with van der Waals surface area (Å²) in [6.45, 7) is 3.47. The molecule has 0 saturated carbocycles. The van der Waals surface area contributed by atoms with Crippen molar-refractivity contribution in [2.75, 3.05) is 13.2 Å². The van der Waals surface area contributed by atoms with E-state index in [1.807, 2.05) is 19.1 Å². The Balaban J connectivity index is 0.00000289. The van der Waals surface area contributed by atoms with E-state index >= 15 is 0 Å². The number of nitrogens with one attached hydrogen (secondary N) is 1. The molecule has 0 spiro atoms. The van der Waals surface area contributed by atoms with Gasteiger partial charge in [-0.1, -0.05) is 11.6 Å². The molecule has 0 bridgehead atoms. The second-order valence-corrected chi connectivity index (χ2v) is 3.94. The molecule has 0 fully saturated rings. The summed E-state index contributed by atoms with van der Waals surface area (Å²) >= 11 is 5.90. The Kier molecular flexibility index (Phi) is 8.54. The molecule has 0 aliphatic heterocycles. The van der Waals surface area contributed by atoms with Gasteiger partial charge in [0.2, 0.25) is 0 Å². The highest BCUT2D eigenvalue weighted by atomic mass is 35.5. The zero-order valence-electron chi connectivity index (χ0n) is 10.1. The highest BCUT2D eigenvalue weighted by Crippen LogP contribution is 2.22. The molecule has 0 unspecified atom stereocenters. The van der Waals surface area contributed by atoms with Crippen LogP contribution in [0, 0.1) is 0 Å². The molecule has 0 saturated heterocycles. The molecule has 18 heavy (non-hydrogen) atoms. The first kappa shape index (κ1) is 17.0. The van der Waals surface area contributed by atoms with Gasteiger partial charge in [-0.3, -0.25) is 4.79 Å². The average Bonchev–Trinajstić information content (AvgIpc) is 2.28. The summed E-state index contributed by atoms with van der Waals surface area (Å²) in [5.74, 6) is -0.0339.